The Morgan fingerprint density at radius 2 is 1.78 bits per heavy atom. The van der Waals surface area contributed by atoms with E-state index in [1.54, 1.807) is 13.2 Å². The number of methoxy groups -OCH3 is 1. The number of nitrogens with two attached hydrogens (primary N) is 1. The summed E-state index contributed by atoms with van der Waals surface area (Å²) in [6, 6.07) is 4.54. The summed E-state index contributed by atoms with van der Waals surface area (Å²) < 4.78 is 28.6. The average molecular weight is 257 g/mol. The fraction of sp³-hybridized carbons (Fsp3) is 0.538. The number of hydrogen-bond acceptors (Lipinski definition) is 4. The third-order valence-electron chi connectivity index (χ3n) is 2.45. The summed E-state index contributed by atoms with van der Waals surface area (Å²) in [6.07, 6.45) is 0. The minimum Gasteiger partial charge on any atom is -0.382 e. The Morgan fingerprint density at radius 3 is 2.50 bits per heavy atom. The van der Waals surface area contributed by atoms with Crippen molar-refractivity contribution < 1.29 is 18.6 Å². The van der Waals surface area contributed by atoms with E-state index in [-0.39, 0.29) is 5.82 Å². The maximum atomic E-state index is 13.1. The molecule has 1 aromatic carbocycles. The second-order valence-corrected chi connectivity index (χ2v) is 3.77. The van der Waals surface area contributed by atoms with Gasteiger partial charge in [-0.15, -0.1) is 0 Å². The van der Waals surface area contributed by atoms with Gasteiger partial charge in [0.2, 0.25) is 0 Å². The molecule has 0 spiro atoms. The van der Waals surface area contributed by atoms with Crippen molar-refractivity contribution in [1.29, 1.82) is 0 Å². The standard InChI is InChI=1S/C13H20FNO3/c1-16-4-5-17-6-7-18-10-12-8-13(14)3-2-11(12)9-15/h2-3,8H,4-7,9-10,15H2,1H3. The van der Waals surface area contributed by atoms with Crippen LogP contribution in [0.1, 0.15) is 11.1 Å². The SMILES string of the molecule is COCCOCCOCc1cc(F)ccc1CN. The number of ether oxygens (including phenoxy) is 3. The Bertz CT molecular complexity index is 347. The van der Waals surface area contributed by atoms with Crippen molar-refractivity contribution in [3.8, 4) is 0 Å². The van der Waals surface area contributed by atoms with Gasteiger partial charge in [0.1, 0.15) is 5.82 Å². The van der Waals surface area contributed by atoms with Crippen LogP contribution >= 0.6 is 0 Å². The van der Waals surface area contributed by atoms with Gasteiger partial charge >= 0.3 is 0 Å². The van der Waals surface area contributed by atoms with Crippen LogP contribution in [0.5, 0.6) is 0 Å². The van der Waals surface area contributed by atoms with E-state index in [9.17, 15) is 4.39 Å². The lowest BCUT2D eigenvalue weighted by Crippen LogP contribution is -2.09. The zero-order valence-corrected chi connectivity index (χ0v) is 10.7. The van der Waals surface area contributed by atoms with E-state index in [0.717, 1.165) is 11.1 Å². The van der Waals surface area contributed by atoms with Crippen molar-refractivity contribution >= 4 is 0 Å². The molecule has 0 saturated carbocycles. The highest BCUT2D eigenvalue weighted by Crippen LogP contribution is 2.12. The largest absolute Gasteiger partial charge is 0.382 e. The number of benzene rings is 1. The number of halogens is 1. The Kier molecular flexibility index (Phi) is 7.52. The van der Waals surface area contributed by atoms with E-state index >= 15 is 0 Å². The molecule has 0 amide bonds. The van der Waals surface area contributed by atoms with Gasteiger partial charge in [-0.2, -0.15) is 0 Å². The van der Waals surface area contributed by atoms with E-state index in [2.05, 4.69) is 0 Å². The van der Waals surface area contributed by atoms with Gasteiger partial charge in [0.25, 0.3) is 0 Å². The maximum Gasteiger partial charge on any atom is 0.123 e. The summed E-state index contributed by atoms with van der Waals surface area (Å²) in [5, 5.41) is 0. The molecule has 0 unspecified atom stereocenters. The molecule has 1 rings (SSSR count). The highest BCUT2D eigenvalue weighted by Gasteiger charge is 2.03. The Labute approximate surface area is 107 Å². The molecule has 0 aliphatic rings. The molecule has 2 N–H and O–H groups in total. The highest BCUT2D eigenvalue weighted by molar-refractivity contribution is 5.27. The van der Waals surface area contributed by atoms with Crippen LogP contribution in [0.4, 0.5) is 4.39 Å². The lowest BCUT2D eigenvalue weighted by Gasteiger charge is -2.09. The molecule has 0 radical (unpaired) electrons. The molecule has 0 aliphatic carbocycles. The molecule has 18 heavy (non-hydrogen) atoms. The Balaban J connectivity index is 2.24. The first-order chi connectivity index (χ1) is 8.77. The van der Waals surface area contributed by atoms with Gasteiger partial charge in [-0.05, 0) is 23.3 Å². The van der Waals surface area contributed by atoms with Crippen LogP contribution in [-0.4, -0.2) is 33.5 Å². The monoisotopic (exact) mass is 257 g/mol. The van der Waals surface area contributed by atoms with Crippen LogP contribution in [0.3, 0.4) is 0 Å². The van der Waals surface area contributed by atoms with Gasteiger partial charge in [0.15, 0.2) is 0 Å². The van der Waals surface area contributed by atoms with Crippen molar-refractivity contribution in [2.45, 2.75) is 13.2 Å². The first kappa shape index (κ1) is 15.0. The Hall–Kier alpha value is -1.01. The van der Waals surface area contributed by atoms with Crippen molar-refractivity contribution in [2.24, 2.45) is 5.73 Å². The van der Waals surface area contributed by atoms with E-state index < -0.39 is 0 Å². The molecule has 4 nitrogen and oxygen atoms in total. The fourth-order valence-electron chi connectivity index (χ4n) is 1.47. The number of hydrogen-bond donors (Lipinski definition) is 1. The molecular weight excluding hydrogens is 237 g/mol. The molecule has 0 fully saturated rings. The lowest BCUT2D eigenvalue weighted by molar-refractivity contribution is 0.0198. The molecule has 0 bridgehead atoms. The summed E-state index contributed by atoms with van der Waals surface area (Å²) in [5.74, 6) is -0.276. The maximum absolute atomic E-state index is 13.1. The molecule has 0 aliphatic heterocycles. The van der Waals surface area contributed by atoms with E-state index in [4.69, 9.17) is 19.9 Å². The van der Waals surface area contributed by atoms with Crippen LogP contribution in [-0.2, 0) is 27.4 Å². The van der Waals surface area contributed by atoms with Crippen LogP contribution in [0, 0.1) is 5.82 Å². The second kappa shape index (κ2) is 8.99. The fourth-order valence-corrected chi connectivity index (χ4v) is 1.47. The summed E-state index contributed by atoms with van der Waals surface area (Å²) >= 11 is 0. The van der Waals surface area contributed by atoms with E-state index in [1.807, 2.05) is 0 Å². The third-order valence-corrected chi connectivity index (χ3v) is 2.45. The van der Waals surface area contributed by atoms with Crippen molar-refractivity contribution in [2.75, 3.05) is 33.5 Å². The van der Waals surface area contributed by atoms with Crippen molar-refractivity contribution in [1.82, 2.24) is 0 Å². The summed E-state index contributed by atoms with van der Waals surface area (Å²) in [6.45, 7) is 2.80. The normalized spacial score (nSPS) is 10.8. The molecule has 0 atom stereocenters. The Morgan fingerprint density at radius 1 is 1.06 bits per heavy atom. The molecule has 1 aromatic rings. The van der Waals surface area contributed by atoms with E-state index in [0.29, 0.717) is 39.6 Å². The van der Waals surface area contributed by atoms with Crippen molar-refractivity contribution in [3.05, 3.63) is 35.1 Å². The molecule has 5 heteroatoms. The first-order valence-electron chi connectivity index (χ1n) is 5.89. The minimum absolute atomic E-state index is 0.276. The van der Waals surface area contributed by atoms with Crippen LogP contribution < -0.4 is 5.73 Å². The van der Waals surface area contributed by atoms with Crippen molar-refractivity contribution in [3.63, 3.8) is 0 Å². The van der Waals surface area contributed by atoms with Crippen LogP contribution in [0.25, 0.3) is 0 Å². The van der Waals surface area contributed by atoms with E-state index in [1.165, 1.54) is 12.1 Å². The summed E-state index contributed by atoms with van der Waals surface area (Å²) in [7, 11) is 1.62. The second-order valence-electron chi connectivity index (χ2n) is 3.77. The van der Waals surface area contributed by atoms with Gasteiger partial charge in [-0.25, -0.2) is 4.39 Å². The molecular formula is C13H20FNO3. The predicted octanol–water partition coefficient (Wildman–Crippen LogP) is 1.46. The summed E-state index contributed by atoms with van der Waals surface area (Å²) in [4.78, 5) is 0. The van der Waals surface area contributed by atoms with Gasteiger partial charge in [0.05, 0.1) is 33.0 Å². The van der Waals surface area contributed by atoms with Gasteiger partial charge < -0.3 is 19.9 Å². The summed E-state index contributed by atoms with van der Waals surface area (Å²) in [5.41, 5.74) is 7.26. The van der Waals surface area contributed by atoms with Crippen LogP contribution in [0.2, 0.25) is 0 Å². The molecule has 0 heterocycles. The zero-order valence-electron chi connectivity index (χ0n) is 10.7. The smallest absolute Gasteiger partial charge is 0.123 e. The lowest BCUT2D eigenvalue weighted by atomic mass is 10.1. The molecule has 0 saturated heterocycles. The van der Waals surface area contributed by atoms with Gasteiger partial charge in [-0.1, -0.05) is 6.07 Å². The van der Waals surface area contributed by atoms with Gasteiger partial charge in [0, 0.05) is 13.7 Å². The molecule has 102 valence electrons. The van der Waals surface area contributed by atoms with Gasteiger partial charge in [-0.3, -0.25) is 0 Å². The minimum atomic E-state index is -0.276. The quantitative estimate of drug-likeness (QED) is 0.681. The molecule has 0 aromatic heterocycles. The topological polar surface area (TPSA) is 53.7 Å². The predicted molar refractivity (Wildman–Crippen MR) is 66.6 cm³/mol. The number of rotatable bonds is 9. The first-order valence-corrected chi connectivity index (χ1v) is 5.89. The zero-order chi connectivity index (χ0) is 13.2. The average Bonchev–Trinajstić information content (AvgIpc) is 2.38. The third kappa shape index (κ3) is 5.55. The van der Waals surface area contributed by atoms with Crippen LogP contribution in [0.15, 0.2) is 18.2 Å². The highest BCUT2D eigenvalue weighted by atomic mass is 19.1.